The van der Waals surface area contributed by atoms with Crippen LogP contribution in [0.25, 0.3) is 10.2 Å². The highest BCUT2D eigenvalue weighted by molar-refractivity contribution is 7.22. The maximum atomic E-state index is 5.49. The summed E-state index contributed by atoms with van der Waals surface area (Å²) in [6.45, 7) is 6.30. The van der Waals surface area contributed by atoms with Crippen LogP contribution in [0.4, 0.5) is 5.13 Å². The number of aromatic nitrogens is 1. The molecule has 6 nitrogen and oxygen atoms in total. The van der Waals surface area contributed by atoms with Crippen molar-refractivity contribution < 1.29 is 14.2 Å². The van der Waals surface area contributed by atoms with Crippen LogP contribution >= 0.6 is 11.3 Å². The summed E-state index contributed by atoms with van der Waals surface area (Å²) in [7, 11) is 0. The molecule has 1 atom stereocenters. The lowest BCUT2D eigenvalue weighted by Gasteiger charge is -2.40. The van der Waals surface area contributed by atoms with E-state index >= 15 is 0 Å². The minimum Gasteiger partial charge on any atom is -0.454 e. The Hall–Kier alpha value is -1.57. The lowest BCUT2D eigenvalue weighted by Crippen LogP contribution is -2.51. The summed E-state index contributed by atoms with van der Waals surface area (Å²) in [5.41, 5.74) is 1.01. The number of anilines is 1. The Labute approximate surface area is 144 Å². The van der Waals surface area contributed by atoms with Crippen molar-refractivity contribution in [3.05, 3.63) is 12.1 Å². The van der Waals surface area contributed by atoms with Crippen LogP contribution in [0.15, 0.2) is 12.1 Å². The second-order valence-electron chi connectivity index (χ2n) is 6.56. The van der Waals surface area contributed by atoms with E-state index in [1.54, 1.807) is 11.3 Å². The standard InChI is InChI=1S/C17H21N3O3S/c1-2-12(19-4-6-21-7-5-19)10-20(3-1)17-18-13-8-14-15(23-11-22-14)9-16(13)24-17/h8-9,12H,1-7,10-11H2. The fraction of sp³-hybridized carbons (Fsp3) is 0.588. The van der Waals surface area contributed by atoms with Crippen LogP contribution in [-0.2, 0) is 4.74 Å². The normalized spacial score (nSPS) is 24.7. The maximum Gasteiger partial charge on any atom is 0.231 e. The van der Waals surface area contributed by atoms with Crippen LogP contribution in [-0.4, -0.2) is 62.1 Å². The van der Waals surface area contributed by atoms with Crippen molar-refractivity contribution >= 4 is 26.7 Å². The summed E-state index contributed by atoms with van der Waals surface area (Å²) in [5.74, 6) is 1.65. The molecule has 4 heterocycles. The molecule has 2 saturated heterocycles. The molecule has 1 aromatic heterocycles. The third kappa shape index (κ3) is 2.60. The summed E-state index contributed by atoms with van der Waals surface area (Å²) in [4.78, 5) is 9.89. The van der Waals surface area contributed by atoms with Crippen LogP contribution in [0, 0.1) is 0 Å². The van der Waals surface area contributed by atoms with Crippen LogP contribution in [0.2, 0.25) is 0 Å². The molecule has 24 heavy (non-hydrogen) atoms. The largest absolute Gasteiger partial charge is 0.454 e. The van der Waals surface area contributed by atoms with Gasteiger partial charge in [0.25, 0.3) is 0 Å². The zero-order chi connectivity index (χ0) is 15.9. The highest BCUT2D eigenvalue weighted by atomic mass is 32.1. The molecule has 0 radical (unpaired) electrons. The van der Waals surface area contributed by atoms with Gasteiger partial charge in [0.05, 0.1) is 23.4 Å². The number of hydrogen-bond acceptors (Lipinski definition) is 7. The molecule has 3 aliphatic heterocycles. The summed E-state index contributed by atoms with van der Waals surface area (Å²) in [5, 5.41) is 1.12. The number of piperidine rings is 1. The van der Waals surface area contributed by atoms with Crippen molar-refractivity contribution in [1.29, 1.82) is 0 Å². The molecule has 1 aromatic carbocycles. The Morgan fingerprint density at radius 3 is 2.79 bits per heavy atom. The van der Waals surface area contributed by atoms with Gasteiger partial charge in [-0.1, -0.05) is 11.3 Å². The minimum absolute atomic E-state index is 0.312. The zero-order valence-corrected chi connectivity index (χ0v) is 14.4. The molecule has 0 spiro atoms. The zero-order valence-electron chi connectivity index (χ0n) is 13.6. The second-order valence-corrected chi connectivity index (χ2v) is 7.57. The number of ether oxygens (including phenoxy) is 3. The van der Waals surface area contributed by atoms with Gasteiger partial charge in [0.15, 0.2) is 16.6 Å². The number of morpholine rings is 1. The Morgan fingerprint density at radius 1 is 1.08 bits per heavy atom. The van der Waals surface area contributed by atoms with E-state index < -0.39 is 0 Å². The molecule has 0 bridgehead atoms. The van der Waals surface area contributed by atoms with E-state index in [9.17, 15) is 0 Å². The predicted molar refractivity (Wildman–Crippen MR) is 93.4 cm³/mol. The highest BCUT2D eigenvalue weighted by Gasteiger charge is 2.28. The third-order valence-corrected chi connectivity index (χ3v) is 6.18. The van der Waals surface area contributed by atoms with Crippen molar-refractivity contribution in [2.75, 3.05) is 51.1 Å². The summed E-state index contributed by atoms with van der Waals surface area (Å²) >= 11 is 1.75. The monoisotopic (exact) mass is 347 g/mol. The van der Waals surface area contributed by atoms with E-state index in [0.717, 1.165) is 61.5 Å². The molecule has 0 aliphatic carbocycles. The number of fused-ring (bicyclic) bond motifs is 2. The van der Waals surface area contributed by atoms with E-state index in [1.165, 1.54) is 17.5 Å². The molecule has 0 N–H and O–H groups in total. The van der Waals surface area contributed by atoms with Crippen molar-refractivity contribution in [1.82, 2.24) is 9.88 Å². The Bertz CT molecular complexity index is 703. The van der Waals surface area contributed by atoms with Gasteiger partial charge in [0.2, 0.25) is 6.79 Å². The van der Waals surface area contributed by atoms with Crippen LogP contribution in [0.3, 0.4) is 0 Å². The average molecular weight is 347 g/mol. The topological polar surface area (TPSA) is 47.1 Å². The molecule has 0 saturated carbocycles. The quantitative estimate of drug-likeness (QED) is 0.831. The van der Waals surface area contributed by atoms with Gasteiger partial charge in [-0.15, -0.1) is 0 Å². The van der Waals surface area contributed by atoms with E-state index in [0.29, 0.717) is 12.8 Å². The van der Waals surface area contributed by atoms with Gasteiger partial charge in [0, 0.05) is 44.4 Å². The highest BCUT2D eigenvalue weighted by Crippen LogP contribution is 2.40. The number of hydrogen-bond donors (Lipinski definition) is 0. The first kappa shape index (κ1) is 14.7. The molecule has 7 heteroatoms. The van der Waals surface area contributed by atoms with Crippen molar-refractivity contribution in [3.63, 3.8) is 0 Å². The SMILES string of the molecule is c1c2c(cc3sc(N4CCCC(N5CCOCC5)C4)nc13)OCO2. The van der Waals surface area contributed by atoms with Crippen LogP contribution < -0.4 is 14.4 Å². The summed E-state index contributed by atoms with van der Waals surface area (Å²) in [6, 6.07) is 4.68. The van der Waals surface area contributed by atoms with Gasteiger partial charge in [-0.3, -0.25) is 4.90 Å². The molecule has 3 aliphatic rings. The first-order valence-electron chi connectivity index (χ1n) is 8.64. The molecule has 5 rings (SSSR count). The number of nitrogens with zero attached hydrogens (tertiary/aromatic N) is 3. The lowest BCUT2D eigenvalue weighted by atomic mass is 10.0. The minimum atomic E-state index is 0.312. The molecular weight excluding hydrogens is 326 g/mol. The van der Waals surface area contributed by atoms with Crippen molar-refractivity contribution in [2.45, 2.75) is 18.9 Å². The molecule has 1 unspecified atom stereocenters. The molecule has 0 amide bonds. The van der Waals surface area contributed by atoms with Gasteiger partial charge >= 0.3 is 0 Å². The van der Waals surface area contributed by atoms with Gasteiger partial charge in [-0.2, -0.15) is 0 Å². The van der Waals surface area contributed by atoms with Crippen molar-refractivity contribution in [3.8, 4) is 11.5 Å². The maximum absolute atomic E-state index is 5.49. The molecule has 128 valence electrons. The van der Waals surface area contributed by atoms with Gasteiger partial charge in [-0.05, 0) is 12.8 Å². The smallest absolute Gasteiger partial charge is 0.231 e. The first-order valence-corrected chi connectivity index (χ1v) is 9.45. The van der Waals surface area contributed by atoms with E-state index in [1.807, 2.05) is 6.07 Å². The number of rotatable bonds is 2. The Kier molecular flexibility index (Phi) is 3.72. The van der Waals surface area contributed by atoms with E-state index in [-0.39, 0.29) is 0 Å². The second kappa shape index (κ2) is 6.06. The molecular formula is C17H21N3O3S. The van der Waals surface area contributed by atoms with Gasteiger partial charge in [-0.25, -0.2) is 4.98 Å². The summed E-state index contributed by atoms with van der Waals surface area (Å²) < 4.78 is 17.6. The van der Waals surface area contributed by atoms with Gasteiger partial charge < -0.3 is 19.1 Å². The fourth-order valence-corrected chi connectivity index (χ4v) is 4.82. The number of thiazole rings is 1. The first-order chi connectivity index (χ1) is 11.9. The Morgan fingerprint density at radius 2 is 1.92 bits per heavy atom. The molecule has 2 aromatic rings. The van der Waals surface area contributed by atoms with Crippen LogP contribution in [0.5, 0.6) is 11.5 Å². The Balaban J connectivity index is 1.38. The van der Waals surface area contributed by atoms with E-state index in [4.69, 9.17) is 19.2 Å². The van der Waals surface area contributed by atoms with Crippen molar-refractivity contribution in [2.24, 2.45) is 0 Å². The van der Waals surface area contributed by atoms with Crippen LogP contribution in [0.1, 0.15) is 12.8 Å². The fourth-order valence-electron chi connectivity index (χ4n) is 3.81. The van der Waals surface area contributed by atoms with E-state index in [2.05, 4.69) is 15.9 Å². The predicted octanol–water partition coefficient (Wildman–Crippen LogP) is 2.33. The molecule has 2 fully saturated rings. The summed E-state index contributed by atoms with van der Waals surface area (Å²) in [6.07, 6.45) is 2.50. The van der Waals surface area contributed by atoms with Gasteiger partial charge in [0.1, 0.15) is 0 Å². The lowest BCUT2D eigenvalue weighted by molar-refractivity contribution is 0.0137. The number of benzene rings is 1. The average Bonchev–Trinajstić information content (AvgIpc) is 3.26. The third-order valence-electron chi connectivity index (χ3n) is 5.10.